The lowest BCUT2D eigenvalue weighted by Gasteiger charge is -2.33. The first-order valence-corrected chi connectivity index (χ1v) is 3.76. The maximum atomic E-state index is 11.2. The third-order valence-corrected chi connectivity index (χ3v) is 2.02. The van der Waals surface area contributed by atoms with Crippen LogP contribution in [0.15, 0.2) is 0 Å². The Morgan fingerprint density at radius 1 is 1.58 bits per heavy atom. The summed E-state index contributed by atoms with van der Waals surface area (Å²) in [5.74, 6) is -0.472. The van der Waals surface area contributed by atoms with Gasteiger partial charge in [-0.1, -0.05) is 0 Å². The second-order valence-electron chi connectivity index (χ2n) is 2.88. The Labute approximate surface area is 70.4 Å². The Bertz CT molecular complexity index is 217. The van der Waals surface area contributed by atoms with Gasteiger partial charge in [0.2, 0.25) is 11.8 Å². The predicted octanol–water partition coefficient (Wildman–Crippen LogP) is -1.68. The van der Waals surface area contributed by atoms with Crippen LogP contribution in [0.3, 0.4) is 0 Å². The molecule has 0 unspecified atom stereocenters. The molecule has 1 aliphatic heterocycles. The van der Waals surface area contributed by atoms with E-state index in [1.165, 1.54) is 11.9 Å². The summed E-state index contributed by atoms with van der Waals surface area (Å²) in [4.78, 5) is 23.6. The van der Waals surface area contributed by atoms with E-state index < -0.39 is 12.1 Å². The highest BCUT2D eigenvalue weighted by molar-refractivity contribution is 5.96. The number of amides is 2. The molecule has 0 radical (unpaired) electrons. The van der Waals surface area contributed by atoms with E-state index in [0.717, 1.165) is 0 Å². The monoisotopic (exact) mass is 172 g/mol. The van der Waals surface area contributed by atoms with Gasteiger partial charge in [-0.15, -0.1) is 0 Å². The minimum atomic E-state index is -0.728. The van der Waals surface area contributed by atoms with Crippen molar-refractivity contribution in [2.45, 2.75) is 19.0 Å². The highest BCUT2D eigenvalue weighted by Gasteiger charge is 2.35. The lowest BCUT2D eigenvalue weighted by atomic mass is 10.1. The van der Waals surface area contributed by atoms with Crippen LogP contribution in [-0.4, -0.2) is 47.6 Å². The van der Waals surface area contributed by atoms with Crippen LogP contribution in [-0.2, 0) is 9.59 Å². The van der Waals surface area contributed by atoms with Crippen LogP contribution in [0, 0.1) is 0 Å². The van der Waals surface area contributed by atoms with Gasteiger partial charge in [0.05, 0.1) is 6.61 Å². The second kappa shape index (κ2) is 3.10. The van der Waals surface area contributed by atoms with Gasteiger partial charge in [0.25, 0.3) is 0 Å². The lowest BCUT2D eigenvalue weighted by Crippen LogP contribution is -2.62. The highest BCUT2D eigenvalue weighted by atomic mass is 16.3. The van der Waals surface area contributed by atoms with Gasteiger partial charge in [0.1, 0.15) is 12.1 Å². The number of nitrogens with one attached hydrogen (secondary N) is 1. The van der Waals surface area contributed by atoms with E-state index in [1.54, 1.807) is 6.92 Å². The Morgan fingerprint density at radius 3 is 2.67 bits per heavy atom. The SMILES string of the molecule is C[C@H]1NC(=O)[C@H](CO)N(C)C1=O. The number of carbonyl (C=O) groups excluding carboxylic acids is 2. The highest BCUT2D eigenvalue weighted by Crippen LogP contribution is 2.06. The van der Waals surface area contributed by atoms with Crippen LogP contribution in [0.1, 0.15) is 6.92 Å². The van der Waals surface area contributed by atoms with E-state index in [2.05, 4.69) is 5.32 Å². The Morgan fingerprint density at radius 2 is 2.17 bits per heavy atom. The maximum absolute atomic E-state index is 11.2. The summed E-state index contributed by atoms with van der Waals surface area (Å²) in [6, 6.07) is -1.21. The lowest BCUT2D eigenvalue weighted by molar-refractivity contribution is -0.148. The van der Waals surface area contributed by atoms with E-state index in [0.29, 0.717) is 0 Å². The van der Waals surface area contributed by atoms with Gasteiger partial charge >= 0.3 is 0 Å². The minimum absolute atomic E-state index is 0.173. The molecule has 1 aliphatic rings. The molecule has 5 nitrogen and oxygen atoms in total. The van der Waals surface area contributed by atoms with E-state index in [-0.39, 0.29) is 18.4 Å². The molecule has 0 spiro atoms. The van der Waals surface area contributed by atoms with Crippen LogP contribution in [0.25, 0.3) is 0 Å². The molecule has 1 fully saturated rings. The molecular formula is C7H12N2O3. The maximum Gasteiger partial charge on any atom is 0.245 e. The molecule has 0 aliphatic carbocycles. The number of hydrogen-bond donors (Lipinski definition) is 2. The van der Waals surface area contributed by atoms with Gasteiger partial charge in [0.15, 0.2) is 0 Å². The zero-order valence-corrected chi connectivity index (χ0v) is 7.07. The molecule has 5 heteroatoms. The molecule has 68 valence electrons. The number of likely N-dealkylation sites (N-methyl/N-ethyl adjacent to an activating group) is 1. The summed E-state index contributed by atoms with van der Waals surface area (Å²) in [5.41, 5.74) is 0. The van der Waals surface area contributed by atoms with E-state index in [9.17, 15) is 9.59 Å². The van der Waals surface area contributed by atoms with Crippen molar-refractivity contribution in [1.82, 2.24) is 10.2 Å². The van der Waals surface area contributed by atoms with Crippen molar-refractivity contribution in [3.63, 3.8) is 0 Å². The van der Waals surface area contributed by atoms with Gasteiger partial charge in [-0.2, -0.15) is 0 Å². The third kappa shape index (κ3) is 1.27. The smallest absolute Gasteiger partial charge is 0.245 e. The quantitative estimate of drug-likeness (QED) is 0.496. The number of piperazine rings is 1. The van der Waals surface area contributed by atoms with Crippen molar-refractivity contribution in [3.05, 3.63) is 0 Å². The summed E-state index contributed by atoms with van der Waals surface area (Å²) < 4.78 is 0. The Kier molecular flexibility index (Phi) is 2.32. The Balaban J connectivity index is 2.79. The zero-order valence-electron chi connectivity index (χ0n) is 7.07. The number of nitrogens with zero attached hydrogens (tertiary/aromatic N) is 1. The molecule has 2 N–H and O–H groups in total. The largest absolute Gasteiger partial charge is 0.394 e. The van der Waals surface area contributed by atoms with E-state index in [4.69, 9.17) is 5.11 Å². The minimum Gasteiger partial charge on any atom is -0.394 e. The average molecular weight is 172 g/mol. The van der Waals surface area contributed by atoms with Crippen LogP contribution >= 0.6 is 0 Å². The van der Waals surface area contributed by atoms with Crippen molar-refractivity contribution in [2.24, 2.45) is 0 Å². The molecule has 0 aromatic heterocycles. The first-order valence-electron chi connectivity index (χ1n) is 3.76. The fourth-order valence-corrected chi connectivity index (χ4v) is 1.21. The molecule has 1 heterocycles. The second-order valence-corrected chi connectivity index (χ2v) is 2.88. The number of aliphatic hydroxyl groups excluding tert-OH is 1. The Hall–Kier alpha value is -1.10. The topological polar surface area (TPSA) is 69.6 Å². The molecule has 12 heavy (non-hydrogen) atoms. The number of aliphatic hydroxyl groups is 1. The molecule has 2 amide bonds. The number of carbonyl (C=O) groups is 2. The summed E-state index contributed by atoms with van der Waals surface area (Å²) in [5, 5.41) is 11.3. The average Bonchev–Trinajstić information content (AvgIpc) is 2.01. The standard InChI is InChI=1S/C7H12N2O3/c1-4-7(12)9(2)5(3-10)6(11)8-4/h4-5,10H,3H2,1-2H3,(H,8,11)/t4-,5+/m1/s1. The first kappa shape index (κ1) is 8.99. The van der Waals surface area contributed by atoms with Crippen molar-refractivity contribution in [1.29, 1.82) is 0 Å². The molecule has 2 atom stereocenters. The van der Waals surface area contributed by atoms with Gasteiger partial charge in [-0.05, 0) is 6.92 Å². The van der Waals surface area contributed by atoms with Crippen LogP contribution < -0.4 is 5.32 Å². The van der Waals surface area contributed by atoms with Crippen molar-refractivity contribution in [2.75, 3.05) is 13.7 Å². The molecule has 1 rings (SSSR count). The third-order valence-electron chi connectivity index (χ3n) is 2.02. The van der Waals surface area contributed by atoms with Crippen LogP contribution in [0.4, 0.5) is 0 Å². The molecule has 0 bridgehead atoms. The molecule has 0 aromatic rings. The van der Waals surface area contributed by atoms with E-state index >= 15 is 0 Å². The first-order chi connectivity index (χ1) is 5.57. The van der Waals surface area contributed by atoms with Crippen molar-refractivity contribution < 1.29 is 14.7 Å². The summed E-state index contributed by atoms with van der Waals surface area (Å²) in [7, 11) is 1.51. The summed E-state index contributed by atoms with van der Waals surface area (Å²) >= 11 is 0. The van der Waals surface area contributed by atoms with Crippen molar-refractivity contribution >= 4 is 11.8 Å². The normalized spacial score (nSPS) is 30.4. The number of rotatable bonds is 1. The molecule has 1 saturated heterocycles. The fourth-order valence-electron chi connectivity index (χ4n) is 1.21. The van der Waals surface area contributed by atoms with Gasteiger partial charge in [-0.25, -0.2) is 0 Å². The molecular weight excluding hydrogens is 160 g/mol. The summed E-state index contributed by atoms with van der Waals surface area (Å²) in [6.45, 7) is 1.28. The zero-order chi connectivity index (χ0) is 9.30. The molecule has 0 saturated carbocycles. The van der Waals surface area contributed by atoms with Gasteiger partial charge in [0, 0.05) is 7.05 Å². The number of hydrogen-bond acceptors (Lipinski definition) is 3. The predicted molar refractivity (Wildman–Crippen MR) is 41.2 cm³/mol. The van der Waals surface area contributed by atoms with Crippen LogP contribution in [0.2, 0.25) is 0 Å². The molecule has 0 aromatic carbocycles. The van der Waals surface area contributed by atoms with Crippen LogP contribution in [0.5, 0.6) is 0 Å². The fraction of sp³-hybridized carbons (Fsp3) is 0.714. The van der Waals surface area contributed by atoms with Gasteiger partial charge in [-0.3, -0.25) is 9.59 Å². The van der Waals surface area contributed by atoms with E-state index in [1.807, 2.05) is 0 Å². The van der Waals surface area contributed by atoms with Gasteiger partial charge < -0.3 is 15.3 Å². The van der Waals surface area contributed by atoms with Crippen molar-refractivity contribution in [3.8, 4) is 0 Å². The summed E-state index contributed by atoms with van der Waals surface area (Å²) in [6.07, 6.45) is 0.